The summed E-state index contributed by atoms with van der Waals surface area (Å²) < 4.78 is 0. The molecule has 0 heterocycles. The van der Waals surface area contributed by atoms with E-state index in [9.17, 15) is 0 Å². The maximum atomic E-state index is 4.20. The Balaban J connectivity index is 2.71. The molecule has 0 saturated carbocycles. The molecule has 0 unspecified atom stereocenters. The molecule has 1 aliphatic rings. The topological polar surface area (TPSA) is 0 Å². The molecule has 0 aliphatic heterocycles. The highest BCUT2D eigenvalue weighted by Gasteiger charge is 2.36. The van der Waals surface area contributed by atoms with Gasteiger partial charge in [-0.2, -0.15) is 0 Å². The zero-order valence-electron chi connectivity index (χ0n) is 10.3. The van der Waals surface area contributed by atoms with Crippen LogP contribution in [0.4, 0.5) is 0 Å². The lowest BCUT2D eigenvalue weighted by Crippen LogP contribution is -2.15. The molecule has 0 amide bonds. The van der Waals surface area contributed by atoms with E-state index in [1.807, 2.05) is 6.08 Å². The smallest absolute Gasteiger partial charge is 0.0158 e. The average molecular weight is 210 g/mol. The Morgan fingerprint density at radius 3 is 2.56 bits per heavy atom. The molecule has 82 valence electrons. The zero-order chi connectivity index (χ0) is 11.9. The second kappa shape index (κ2) is 3.48. The van der Waals surface area contributed by atoms with Crippen LogP contribution in [0, 0.1) is 6.92 Å². The molecule has 0 nitrogen and oxygen atoms in total. The number of hydrogen-bond acceptors (Lipinski definition) is 0. The van der Waals surface area contributed by atoms with E-state index in [2.05, 4.69) is 58.2 Å². The predicted molar refractivity (Wildman–Crippen MR) is 71.5 cm³/mol. The van der Waals surface area contributed by atoms with Crippen molar-refractivity contribution in [1.29, 1.82) is 0 Å². The molecular formula is C16H18. The summed E-state index contributed by atoms with van der Waals surface area (Å²) in [6, 6.07) is 6.60. The van der Waals surface area contributed by atoms with E-state index >= 15 is 0 Å². The molecule has 16 heavy (non-hydrogen) atoms. The SMILES string of the molecule is C=C/C=C1\C(=C)c2ccc(C)cc2C1(C)C. The van der Waals surface area contributed by atoms with E-state index in [0.717, 1.165) is 5.57 Å². The Morgan fingerprint density at radius 1 is 1.25 bits per heavy atom. The van der Waals surface area contributed by atoms with Gasteiger partial charge in [-0.15, -0.1) is 0 Å². The van der Waals surface area contributed by atoms with Crippen LogP contribution in [0.15, 0.2) is 49.1 Å². The third kappa shape index (κ3) is 1.37. The molecule has 0 heteroatoms. The summed E-state index contributed by atoms with van der Waals surface area (Å²) in [5.74, 6) is 0. The maximum Gasteiger partial charge on any atom is 0.0158 e. The van der Waals surface area contributed by atoms with E-state index in [4.69, 9.17) is 0 Å². The van der Waals surface area contributed by atoms with Crippen LogP contribution in [0.5, 0.6) is 0 Å². The lowest BCUT2D eigenvalue weighted by molar-refractivity contribution is 0.660. The lowest BCUT2D eigenvalue weighted by atomic mass is 9.82. The van der Waals surface area contributed by atoms with Gasteiger partial charge in [0.25, 0.3) is 0 Å². The fraction of sp³-hybridized carbons (Fsp3) is 0.250. The summed E-state index contributed by atoms with van der Waals surface area (Å²) in [6.07, 6.45) is 3.93. The van der Waals surface area contributed by atoms with Crippen molar-refractivity contribution in [2.45, 2.75) is 26.2 Å². The highest BCUT2D eigenvalue weighted by Crippen LogP contribution is 2.48. The highest BCUT2D eigenvalue weighted by atomic mass is 14.4. The monoisotopic (exact) mass is 210 g/mol. The van der Waals surface area contributed by atoms with E-state index in [-0.39, 0.29) is 5.41 Å². The number of benzene rings is 1. The number of rotatable bonds is 1. The fourth-order valence-electron chi connectivity index (χ4n) is 2.53. The van der Waals surface area contributed by atoms with Gasteiger partial charge >= 0.3 is 0 Å². The Morgan fingerprint density at radius 2 is 1.94 bits per heavy atom. The van der Waals surface area contributed by atoms with Crippen LogP contribution in [0.3, 0.4) is 0 Å². The van der Waals surface area contributed by atoms with Crippen LogP contribution >= 0.6 is 0 Å². The first-order valence-corrected chi connectivity index (χ1v) is 5.62. The Labute approximate surface area is 98.0 Å². The summed E-state index contributed by atoms with van der Waals surface area (Å²) in [7, 11) is 0. The van der Waals surface area contributed by atoms with E-state index in [1.165, 1.54) is 22.3 Å². The quantitative estimate of drug-likeness (QED) is 0.644. The molecule has 0 saturated heterocycles. The molecule has 0 aromatic heterocycles. The molecule has 1 aliphatic carbocycles. The summed E-state index contributed by atoms with van der Waals surface area (Å²) >= 11 is 0. The van der Waals surface area contributed by atoms with Gasteiger partial charge in [-0.25, -0.2) is 0 Å². The number of fused-ring (bicyclic) bond motifs is 1. The normalized spacial score (nSPS) is 19.9. The van der Waals surface area contributed by atoms with Gasteiger partial charge in [-0.3, -0.25) is 0 Å². The van der Waals surface area contributed by atoms with Gasteiger partial charge in [0.05, 0.1) is 0 Å². The minimum absolute atomic E-state index is 0.0482. The first kappa shape index (κ1) is 10.9. The van der Waals surface area contributed by atoms with Gasteiger partial charge in [0, 0.05) is 5.41 Å². The molecule has 0 N–H and O–H groups in total. The van der Waals surface area contributed by atoms with Crippen LogP contribution in [0.1, 0.15) is 30.5 Å². The molecule has 0 bridgehead atoms. The molecule has 0 radical (unpaired) electrons. The molecule has 2 rings (SSSR count). The molecule has 0 spiro atoms. The van der Waals surface area contributed by atoms with E-state index in [1.54, 1.807) is 0 Å². The molecule has 1 aromatic rings. The van der Waals surface area contributed by atoms with Gasteiger partial charge in [-0.1, -0.05) is 62.9 Å². The van der Waals surface area contributed by atoms with Gasteiger partial charge in [-0.05, 0) is 29.2 Å². The minimum atomic E-state index is 0.0482. The largest absolute Gasteiger partial charge is 0.0991 e. The third-order valence-corrected chi connectivity index (χ3v) is 3.46. The first-order valence-electron chi connectivity index (χ1n) is 5.62. The van der Waals surface area contributed by atoms with Crippen molar-refractivity contribution in [2.24, 2.45) is 0 Å². The van der Waals surface area contributed by atoms with Crippen molar-refractivity contribution >= 4 is 5.57 Å². The van der Waals surface area contributed by atoms with Crippen molar-refractivity contribution in [1.82, 2.24) is 0 Å². The summed E-state index contributed by atoms with van der Waals surface area (Å²) in [5.41, 5.74) is 6.43. The number of aryl methyl sites for hydroxylation is 1. The van der Waals surface area contributed by atoms with Gasteiger partial charge < -0.3 is 0 Å². The summed E-state index contributed by atoms with van der Waals surface area (Å²) in [6.45, 7) is 14.6. The Kier molecular flexibility index (Phi) is 2.38. The number of allylic oxidation sites excluding steroid dienone is 4. The average Bonchev–Trinajstić information content (AvgIpc) is 2.40. The molecular weight excluding hydrogens is 192 g/mol. The fourth-order valence-corrected chi connectivity index (χ4v) is 2.53. The van der Waals surface area contributed by atoms with Crippen molar-refractivity contribution in [3.8, 4) is 0 Å². The lowest BCUT2D eigenvalue weighted by Gasteiger charge is -2.21. The van der Waals surface area contributed by atoms with Crippen LogP contribution in [-0.2, 0) is 5.41 Å². The number of hydrogen-bond donors (Lipinski definition) is 0. The Hall–Kier alpha value is -1.56. The van der Waals surface area contributed by atoms with Gasteiger partial charge in [0.1, 0.15) is 0 Å². The molecule has 0 fully saturated rings. The summed E-state index contributed by atoms with van der Waals surface area (Å²) in [4.78, 5) is 0. The summed E-state index contributed by atoms with van der Waals surface area (Å²) in [5, 5.41) is 0. The van der Waals surface area contributed by atoms with Crippen LogP contribution < -0.4 is 0 Å². The third-order valence-electron chi connectivity index (χ3n) is 3.46. The van der Waals surface area contributed by atoms with Gasteiger partial charge in [0.15, 0.2) is 0 Å². The second-order valence-electron chi connectivity index (χ2n) is 4.97. The molecule has 0 atom stereocenters. The predicted octanol–water partition coefficient (Wildman–Crippen LogP) is 4.41. The minimum Gasteiger partial charge on any atom is -0.0991 e. The highest BCUT2D eigenvalue weighted by molar-refractivity contribution is 5.88. The van der Waals surface area contributed by atoms with Crippen molar-refractivity contribution in [2.75, 3.05) is 0 Å². The van der Waals surface area contributed by atoms with Crippen LogP contribution in [0.2, 0.25) is 0 Å². The maximum absolute atomic E-state index is 4.20. The Bertz CT molecular complexity index is 499. The van der Waals surface area contributed by atoms with Crippen LogP contribution in [0.25, 0.3) is 5.57 Å². The first-order chi connectivity index (χ1) is 7.48. The van der Waals surface area contributed by atoms with Crippen LogP contribution in [-0.4, -0.2) is 0 Å². The zero-order valence-corrected chi connectivity index (χ0v) is 10.3. The van der Waals surface area contributed by atoms with E-state index in [0.29, 0.717) is 0 Å². The van der Waals surface area contributed by atoms with E-state index < -0.39 is 0 Å². The molecule has 1 aromatic carbocycles. The van der Waals surface area contributed by atoms with Gasteiger partial charge in [0.2, 0.25) is 0 Å². The van der Waals surface area contributed by atoms with Crippen molar-refractivity contribution < 1.29 is 0 Å². The van der Waals surface area contributed by atoms with Crippen molar-refractivity contribution in [3.05, 3.63) is 65.8 Å². The standard InChI is InChI=1S/C16H18/c1-6-7-14-12(3)13-9-8-11(2)10-15(13)16(14,4)5/h6-10H,1,3H2,2,4-5H3/b14-7+. The van der Waals surface area contributed by atoms with Crippen molar-refractivity contribution in [3.63, 3.8) is 0 Å². The second-order valence-corrected chi connectivity index (χ2v) is 4.97.